The summed E-state index contributed by atoms with van der Waals surface area (Å²) in [5, 5.41) is 17.3. The lowest BCUT2D eigenvalue weighted by molar-refractivity contribution is 0.154. The number of methoxy groups -OCH3 is 3. The van der Waals surface area contributed by atoms with Crippen LogP contribution < -0.4 is 24.6 Å². The first-order chi connectivity index (χ1) is 15.9. The van der Waals surface area contributed by atoms with Gasteiger partial charge in [-0.3, -0.25) is 4.84 Å². The number of ether oxygens (including phenoxy) is 3. The van der Waals surface area contributed by atoms with E-state index < -0.39 is 12.1 Å². The van der Waals surface area contributed by atoms with Crippen molar-refractivity contribution in [2.75, 3.05) is 40.0 Å². The van der Waals surface area contributed by atoms with Crippen molar-refractivity contribution in [1.82, 2.24) is 10.5 Å². The Bertz CT molecular complexity index is 1070. The molecule has 3 aromatic rings. The lowest BCUT2D eigenvalue weighted by atomic mass is 10.0. The Labute approximate surface area is 191 Å². The number of nitrogens with one attached hydrogen (secondary N) is 1. The van der Waals surface area contributed by atoms with E-state index in [1.54, 1.807) is 37.3 Å². The molecular weight excluding hydrogens is 430 g/mol. The lowest BCUT2D eigenvalue weighted by Crippen LogP contribution is -2.42. The van der Waals surface area contributed by atoms with E-state index in [0.717, 1.165) is 10.6 Å². The van der Waals surface area contributed by atoms with Crippen LogP contribution in [0, 0.1) is 0 Å². The summed E-state index contributed by atoms with van der Waals surface area (Å²) in [4.78, 5) is 17.7. The minimum atomic E-state index is -0.683. The fourth-order valence-electron chi connectivity index (χ4n) is 3.28. The maximum atomic E-state index is 12.5. The summed E-state index contributed by atoms with van der Waals surface area (Å²) in [5.74, 6) is 1.43. The number of amides is 2. The van der Waals surface area contributed by atoms with Crippen molar-refractivity contribution in [2.24, 2.45) is 0 Å². The predicted octanol–water partition coefficient (Wildman–Crippen LogP) is 3.49. The van der Waals surface area contributed by atoms with Gasteiger partial charge in [-0.2, -0.15) is 5.06 Å². The van der Waals surface area contributed by atoms with Gasteiger partial charge in [-0.05, 0) is 36.8 Å². The molecule has 0 radical (unpaired) electrons. The standard InChI is InChI=1S/C23H27N3O7/c1-14(27)12-24-23(28)26(32-5)17-8-6-7-15(9-17)18-13-33-25-21(18)16-10-19(29-2)22(31-4)20(11-16)30-3/h6-11,13-14,27H,12H2,1-5H3,(H,24,28). The molecule has 0 saturated carbocycles. The van der Waals surface area contributed by atoms with Crippen molar-refractivity contribution in [2.45, 2.75) is 13.0 Å². The van der Waals surface area contributed by atoms with E-state index in [0.29, 0.717) is 39.8 Å². The molecule has 1 heterocycles. The molecule has 176 valence electrons. The van der Waals surface area contributed by atoms with Crippen LogP contribution in [0.3, 0.4) is 0 Å². The Hall–Kier alpha value is -3.76. The number of carbonyl (C=O) groups is 1. The molecule has 1 unspecified atom stereocenters. The first-order valence-electron chi connectivity index (χ1n) is 10.1. The molecule has 2 amide bonds. The highest BCUT2D eigenvalue weighted by atomic mass is 16.7. The van der Waals surface area contributed by atoms with Crippen LogP contribution >= 0.6 is 0 Å². The first kappa shape index (κ1) is 23.9. The van der Waals surface area contributed by atoms with Crippen LogP contribution in [-0.2, 0) is 4.84 Å². The summed E-state index contributed by atoms with van der Waals surface area (Å²) in [7, 11) is 5.99. The molecule has 0 bridgehead atoms. The molecule has 1 aromatic heterocycles. The third-order valence-electron chi connectivity index (χ3n) is 4.82. The summed E-state index contributed by atoms with van der Waals surface area (Å²) in [5.41, 5.74) is 3.15. The van der Waals surface area contributed by atoms with E-state index in [1.807, 2.05) is 6.07 Å². The second-order valence-corrected chi connectivity index (χ2v) is 7.05. The van der Waals surface area contributed by atoms with Crippen LogP contribution in [0.5, 0.6) is 17.2 Å². The zero-order valence-electron chi connectivity index (χ0n) is 19.1. The van der Waals surface area contributed by atoms with Gasteiger partial charge in [-0.1, -0.05) is 17.3 Å². The van der Waals surface area contributed by atoms with Gasteiger partial charge < -0.3 is 29.2 Å². The molecule has 10 nitrogen and oxygen atoms in total. The number of anilines is 1. The smallest absolute Gasteiger partial charge is 0.346 e. The molecular formula is C23H27N3O7. The Morgan fingerprint density at radius 2 is 1.79 bits per heavy atom. The Balaban J connectivity index is 2.00. The molecule has 1 atom stereocenters. The van der Waals surface area contributed by atoms with Crippen molar-refractivity contribution < 1.29 is 33.5 Å². The van der Waals surface area contributed by atoms with Gasteiger partial charge in [0.05, 0.1) is 40.2 Å². The number of hydroxylamine groups is 1. The Morgan fingerprint density at radius 3 is 2.36 bits per heavy atom. The van der Waals surface area contributed by atoms with Gasteiger partial charge in [-0.25, -0.2) is 4.79 Å². The van der Waals surface area contributed by atoms with E-state index in [1.165, 1.54) is 34.7 Å². The molecule has 10 heteroatoms. The largest absolute Gasteiger partial charge is 0.493 e. The molecule has 0 aliphatic rings. The van der Waals surface area contributed by atoms with Crippen LogP contribution in [0.15, 0.2) is 47.2 Å². The fraction of sp³-hybridized carbons (Fsp3) is 0.304. The minimum absolute atomic E-state index is 0.0926. The molecule has 2 N–H and O–H groups in total. The zero-order valence-corrected chi connectivity index (χ0v) is 19.1. The monoisotopic (exact) mass is 457 g/mol. The maximum Gasteiger partial charge on any atom is 0.346 e. The van der Waals surface area contributed by atoms with E-state index in [4.69, 9.17) is 23.6 Å². The number of aliphatic hydroxyl groups is 1. The van der Waals surface area contributed by atoms with Gasteiger partial charge in [0, 0.05) is 17.7 Å². The average molecular weight is 457 g/mol. The zero-order chi connectivity index (χ0) is 24.0. The van der Waals surface area contributed by atoms with E-state index >= 15 is 0 Å². The van der Waals surface area contributed by atoms with E-state index in [2.05, 4.69) is 10.5 Å². The molecule has 0 saturated heterocycles. The highest BCUT2D eigenvalue weighted by molar-refractivity contribution is 5.91. The number of carbonyl (C=O) groups excluding carboxylic acids is 1. The first-order valence-corrected chi connectivity index (χ1v) is 10.1. The normalized spacial score (nSPS) is 11.6. The van der Waals surface area contributed by atoms with E-state index in [9.17, 15) is 9.90 Å². The quantitative estimate of drug-likeness (QED) is 0.469. The van der Waals surface area contributed by atoms with Crippen LogP contribution in [0.1, 0.15) is 6.92 Å². The number of nitrogens with zero attached hydrogens (tertiary/aromatic N) is 2. The van der Waals surface area contributed by atoms with Gasteiger partial charge in [0.2, 0.25) is 5.75 Å². The van der Waals surface area contributed by atoms with Gasteiger partial charge in [0.1, 0.15) is 12.0 Å². The van der Waals surface area contributed by atoms with Crippen LogP contribution in [-0.4, -0.2) is 57.4 Å². The van der Waals surface area contributed by atoms with Crippen molar-refractivity contribution in [3.05, 3.63) is 42.7 Å². The summed E-state index contributed by atoms with van der Waals surface area (Å²) in [6, 6.07) is 10.2. The van der Waals surface area contributed by atoms with Crippen LogP contribution in [0.2, 0.25) is 0 Å². The van der Waals surface area contributed by atoms with Crippen LogP contribution in [0.25, 0.3) is 22.4 Å². The third kappa shape index (κ3) is 5.18. The number of urea groups is 1. The van der Waals surface area contributed by atoms with Crippen molar-refractivity contribution in [3.8, 4) is 39.6 Å². The van der Waals surface area contributed by atoms with Crippen molar-refractivity contribution in [3.63, 3.8) is 0 Å². The average Bonchev–Trinajstić information content (AvgIpc) is 3.32. The van der Waals surface area contributed by atoms with Crippen molar-refractivity contribution >= 4 is 11.7 Å². The molecule has 0 aliphatic carbocycles. The summed E-state index contributed by atoms with van der Waals surface area (Å²) < 4.78 is 21.6. The molecule has 33 heavy (non-hydrogen) atoms. The van der Waals surface area contributed by atoms with Gasteiger partial charge in [0.15, 0.2) is 11.5 Å². The van der Waals surface area contributed by atoms with E-state index in [-0.39, 0.29) is 6.54 Å². The number of aromatic nitrogens is 1. The molecule has 0 spiro atoms. The highest BCUT2D eigenvalue weighted by Crippen LogP contribution is 2.43. The second kappa shape index (κ2) is 10.7. The number of rotatable bonds is 9. The minimum Gasteiger partial charge on any atom is -0.493 e. The highest BCUT2D eigenvalue weighted by Gasteiger charge is 2.21. The summed E-state index contributed by atoms with van der Waals surface area (Å²) in [6.45, 7) is 1.67. The topological polar surface area (TPSA) is 116 Å². The molecule has 3 rings (SSSR count). The number of hydrogen-bond acceptors (Lipinski definition) is 8. The molecule has 0 fully saturated rings. The summed E-state index contributed by atoms with van der Waals surface area (Å²) in [6.07, 6.45) is 0.833. The SMILES string of the molecule is COc1cc(-c2nocc2-c2cccc(N(OC)C(=O)NCC(C)O)c2)cc(OC)c1OC. The lowest BCUT2D eigenvalue weighted by Gasteiger charge is -2.21. The van der Waals surface area contributed by atoms with Gasteiger partial charge >= 0.3 is 6.03 Å². The van der Waals surface area contributed by atoms with Crippen molar-refractivity contribution in [1.29, 1.82) is 0 Å². The number of benzene rings is 2. The van der Waals surface area contributed by atoms with Gasteiger partial charge in [-0.15, -0.1) is 0 Å². The van der Waals surface area contributed by atoms with Gasteiger partial charge in [0.25, 0.3) is 0 Å². The second-order valence-electron chi connectivity index (χ2n) is 7.05. The molecule has 2 aromatic carbocycles. The predicted molar refractivity (Wildman–Crippen MR) is 122 cm³/mol. The fourth-order valence-corrected chi connectivity index (χ4v) is 3.28. The summed E-state index contributed by atoms with van der Waals surface area (Å²) >= 11 is 0. The number of aliphatic hydroxyl groups excluding tert-OH is 1. The Morgan fingerprint density at radius 1 is 1.09 bits per heavy atom. The van der Waals surface area contributed by atoms with Crippen LogP contribution in [0.4, 0.5) is 10.5 Å². The third-order valence-corrected chi connectivity index (χ3v) is 4.82. The molecule has 0 aliphatic heterocycles. The Kier molecular flexibility index (Phi) is 7.75. The number of hydrogen-bond donors (Lipinski definition) is 2. The maximum absolute atomic E-state index is 12.5.